The SMILES string of the molecule is CCc1nc2n(n1)CC(NC(=NCCc1cccs1)NCCc1ccco1)CC2. The Labute approximate surface area is 175 Å². The van der Waals surface area contributed by atoms with E-state index in [2.05, 4.69) is 45.2 Å². The second-order valence-corrected chi connectivity index (χ2v) is 8.21. The lowest BCUT2D eigenvalue weighted by Crippen LogP contribution is -2.47. The molecule has 0 fully saturated rings. The number of aromatic nitrogens is 3. The van der Waals surface area contributed by atoms with E-state index in [-0.39, 0.29) is 0 Å². The first kappa shape index (κ1) is 19.7. The standard InChI is InChI=1S/C21H28N6OS/c1-2-19-25-20-8-7-16(15-27(20)26-19)24-21(22-11-9-17-5-3-13-28-17)23-12-10-18-6-4-14-29-18/h3-6,13-14,16H,2,7-12,15H2,1H3,(H2,22,23,24). The van der Waals surface area contributed by atoms with Crippen molar-refractivity contribution in [1.82, 2.24) is 25.4 Å². The van der Waals surface area contributed by atoms with Gasteiger partial charge in [0.05, 0.1) is 12.8 Å². The molecule has 1 atom stereocenters. The quantitative estimate of drug-likeness (QED) is 0.439. The van der Waals surface area contributed by atoms with Gasteiger partial charge in [-0.2, -0.15) is 5.10 Å². The molecule has 1 aliphatic rings. The number of hydrogen-bond donors (Lipinski definition) is 2. The Hall–Kier alpha value is -2.61. The highest BCUT2D eigenvalue weighted by atomic mass is 32.1. The summed E-state index contributed by atoms with van der Waals surface area (Å²) in [4.78, 5) is 10.8. The first-order valence-electron chi connectivity index (χ1n) is 10.3. The van der Waals surface area contributed by atoms with Crippen LogP contribution in [0.3, 0.4) is 0 Å². The zero-order valence-electron chi connectivity index (χ0n) is 16.8. The lowest BCUT2D eigenvalue weighted by molar-refractivity contribution is 0.391. The second kappa shape index (κ2) is 9.73. The molecule has 0 aliphatic carbocycles. The third kappa shape index (κ3) is 5.47. The van der Waals surface area contributed by atoms with Crippen molar-refractivity contribution >= 4 is 17.3 Å². The van der Waals surface area contributed by atoms with Crippen molar-refractivity contribution in [3.63, 3.8) is 0 Å². The zero-order chi connectivity index (χ0) is 19.9. The van der Waals surface area contributed by atoms with Crippen LogP contribution in [0, 0.1) is 0 Å². The monoisotopic (exact) mass is 412 g/mol. The van der Waals surface area contributed by atoms with E-state index < -0.39 is 0 Å². The fraction of sp³-hybridized carbons (Fsp3) is 0.476. The van der Waals surface area contributed by atoms with Gasteiger partial charge in [-0.05, 0) is 30.0 Å². The third-order valence-electron chi connectivity index (χ3n) is 5.01. The summed E-state index contributed by atoms with van der Waals surface area (Å²) in [6.45, 7) is 4.46. The molecule has 2 N–H and O–H groups in total. The van der Waals surface area contributed by atoms with E-state index >= 15 is 0 Å². The molecule has 4 heterocycles. The average molecular weight is 413 g/mol. The van der Waals surface area contributed by atoms with E-state index in [1.165, 1.54) is 4.88 Å². The summed E-state index contributed by atoms with van der Waals surface area (Å²) in [5, 5.41) is 13.8. The predicted molar refractivity (Wildman–Crippen MR) is 115 cm³/mol. The topological polar surface area (TPSA) is 80.3 Å². The highest BCUT2D eigenvalue weighted by molar-refractivity contribution is 7.09. The number of aryl methyl sites for hydroxylation is 2. The van der Waals surface area contributed by atoms with Gasteiger partial charge in [0, 0.05) is 49.7 Å². The van der Waals surface area contributed by atoms with E-state index in [9.17, 15) is 0 Å². The fourth-order valence-electron chi connectivity index (χ4n) is 3.47. The van der Waals surface area contributed by atoms with Crippen molar-refractivity contribution in [2.24, 2.45) is 4.99 Å². The largest absolute Gasteiger partial charge is 0.469 e. The Morgan fingerprint density at radius 1 is 1.34 bits per heavy atom. The number of guanidine groups is 1. The molecule has 0 radical (unpaired) electrons. The van der Waals surface area contributed by atoms with Crippen molar-refractivity contribution in [3.8, 4) is 0 Å². The van der Waals surface area contributed by atoms with Gasteiger partial charge in [-0.25, -0.2) is 9.67 Å². The van der Waals surface area contributed by atoms with Crippen molar-refractivity contribution in [2.45, 2.75) is 51.6 Å². The number of rotatable bonds is 8. The summed E-state index contributed by atoms with van der Waals surface area (Å²) in [5.41, 5.74) is 0. The van der Waals surface area contributed by atoms with Gasteiger partial charge in [-0.15, -0.1) is 11.3 Å². The lowest BCUT2D eigenvalue weighted by Gasteiger charge is -2.25. The normalized spacial score (nSPS) is 16.6. The van der Waals surface area contributed by atoms with E-state index in [1.54, 1.807) is 17.6 Å². The number of thiophene rings is 1. The van der Waals surface area contributed by atoms with Gasteiger partial charge in [-0.1, -0.05) is 13.0 Å². The molecule has 0 saturated carbocycles. The van der Waals surface area contributed by atoms with E-state index in [4.69, 9.17) is 9.41 Å². The number of hydrogen-bond acceptors (Lipinski definition) is 5. The first-order chi connectivity index (χ1) is 14.3. The van der Waals surface area contributed by atoms with Crippen molar-refractivity contribution < 1.29 is 4.42 Å². The number of aliphatic imine (C=N–C) groups is 1. The summed E-state index contributed by atoms with van der Waals surface area (Å²) in [6.07, 6.45) is 6.36. The molecule has 154 valence electrons. The number of furan rings is 1. The second-order valence-electron chi connectivity index (χ2n) is 7.18. The van der Waals surface area contributed by atoms with Crippen LogP contribution in [-0.4, -0.2) is 39.9 Å². The Bertz CT molecular complexity index is 900. The minimum atomic E-state index is 0.297. The van der Waals surface area contributed by atoms with Gasteiger partial charge in [0.25, 0.3) is 0 Å². The molecule has 0 aromatic carbocycles. The predicted octanol–water partition coefficient (Wildman–Crippen LogP) is 2.83. The Morgan fingerprint density at radius 3 is 3.10 bits per heavy atom. The number of nitrogens with zero attached hydrogens (tertiary/aromatic N) is 4. The molecule has 0 saturated heterocycles. The molecule has 1 aliphatic heterocycles. The van der Waals surface area contributed by atoms with Gasteiger partial charge >= 0.3 is 0 Å². The molecule has 0 amide bonds. The van der Waals surface area contributed by atoms with Crippen molar-refractivity contribution in [2.75, 3.05) is 13.1 Å². The van der Waals surface area contributed by atoms with Gasteiger partial charge in [0.2, 0.25) is 0 Å². The fourth-order valence-corrected chi connectivity index (χ4v) is 4.16. The molecule has 3 aromatic heterocycles. The Morgan fingerprint density at radius 2 is 2.31 bits per heavy atom. The maximum absolute atomic E-state index is 5.43. The average Bonchev–Trinajstić information content (AvgIpc) is 3.49. The van der Waals surface area contributed by atoms with Crippen molar-refractivity contribution in [3.05, 3.63) is 58.2 Å². The Balaban J connectivity index is 1.35. The van der Waals surface area contributed by atoms with Crippen LogP contribution in [0.2, 0.25) is 0 Å². The van der Waals surface area contributed by atoms with Gasteiger partial charge in [0.15, 0.2) is 11.8 Å². The highest BCUT2D eigenvalue weighted by Crippen LogP contribution is 2.13. The minimum absolute atomic E-state index is 0.297. The van der Waals surface area contributed by atoms with Crippen LogP contribution in [0.25, 0.3) is 0 Å². The molecule has 0 spiro atoms. The summed E-state index contributed by atoms with van der Waals surface area (Å²) in [6, 6.07) is 8.47. The maximum Gasteiger partial charge on any atom is 0.191 e. The lowest BCUT2D eigenvalue weighted by atomic mass is 10.1. The van der Waals surface area contributed by atoms with E-state index in [0.29, 0.717) is 6.04 Å². The van der Waals surface area contributed by atoms with Gasteiger partial charge in [-0.3, -0.25) is 4.99 Å². The van der Waals surface area contributed by atoms with Gasteiger partial charge < -0.3 is 15.1 Å². The minimum Gasteiger partial charge on any atom is -0.469 e. The summed E-state index contributed by atoms with van der Waals surface area (Å²) >= 11 is 1.78. The van der Waals surface area contributed by atoms with Crippen LogP contribution >= 0.6 is 11.3 Å². The number of fused-ring (bicyclic) bond motifs is 1. The smallest absolute Gasteiger partial charge is 0.191 e. The molecule has 3 aromatic rings. The molecule has 1 unspecified atom stereocenters. The van der Waals surface area contributed by atoms with E-state index in [1.807, 2.05) is 16.8 Å². The zero-order valence-corrected chi connectivity index (χ0v) is 17.6. The van der Waals surface area contributed by atoms with Crippen molar-refractivity contribution in [1.29, 1.82) is 0 Å². The van der Waals surface area contributed by atoms with Crippen LogP contribution in [0.5, 0.6) is 0 Å². The third-order valence-corrected chi connectivity index (χ3v) is 5.95. The summed E-state index contributed by atoms with van der Waals surface area (Å²) < 4.78 is 7.48. The molecule has 29 heavy (non-hydrogen) atoms. The van der Waals surface area contributed by atoms with E-state index in [0.717, 1.165) is 75.1 Å². The molecule has 7 nitrogen and oxygen atoms in total. The van der Waals surface area contributed by atoms with Gasteiger partial charge in [0.1, 0.15) is 11.6 Å². The number of nitrogens with one attached hydrogen (secondary N) is 2. The summed E-state index contributed by atoms with van der Waals surface area (Å²) in [7, 11) is 0. The molecular formula is C21H28N6OS. The molecule has 8 heteroatoms. The molecule has 0 bridgehead atoms. The van der Waals surface area contributed by atoms with Crippen LogP contribution in [0.1, 0.15) is 35.6 Å². The van der Waals surface area contributed by atoms with Crippen LogP contribution in [-0.2, 0) is 32.2 Å². The van der Waals surface area contributed by atoms with Crippen LogP contribution < -0.4 is 10.6 Å². The maximum atomic E-state index is 5.43. The van der Waals surface area contributed by atoms with Crippen LogP contribution in [0.15, 0.2) is 45.3 Å². The Kier molecular flexibility index (Phi) is 6.61. The first-order valence-corrected chi connectivity index (χ1v) is 11.2. The molecular weight excluding hydrogens is 384 g/mol. The highest BCUT2D eigenvalue weighted by Gasteiger charge is 2.22. The molecule has 4 rings (SSSR count). The van der Waals surface area contributed by atoms with Crippen LogP contribution in [0.4, 0.5) is 0 Å². The summed E-state index contributed by atoms with van der Waals surface area (Å²) in [5.74, 6) is 3.87.